The third-order valence-corrected chi connectivity index (χ3v) is 5.50. The second-order valence-electron chi connectivity index (χ2n) is 6.75. The maximum atomic E-state index is 5.47. The van der Waals surface area contributed by atoms with Gasteiger partial charge in [-0.3, -0.25) is 0 Å². The molecule has 0 atom stereocenters. The molecule has 2 saturated heterocycles. The Morgan fingerprint density at radius 2 is 1.43 bits per heavy atom. The monoisotopic (exact) mass is 311 g/mol. The van der Waals surface area contributed by atoms with Crippen LogP contribution in [0.2, 0.25) is 0 Å². The highest BCUT2D eigenvalue weighted by molar-refractivity contribution is 7.80. The summed E-state index contributed by atoms with van der Waals surface area (Å²) in [7, 11) is 0. The van der Waals surface area contributed by atoms with Gasteiger partial charge in [0.25, 0.3) is 0 Å². The number of thiocarbonyl (C=S) groups is 1. The molecular weight excluding hydrogens is 282 g/mol. The summed E-state index contributed by atoms with van der Waals surface area (Å²) in [5.41, 5.74) is 0. The molecule has 3 rings (SSSR count). The molecule has 0 spiro atoms. The van der Waals surface area contributed by atoms with E-state index in [1.807, 2.05) is 0 Å². The third kappa shape index (κ3) is 4.54. The van der Waals surface area contributed by atoms with Crippen LogP contribution < -0.4 is 10.6 Å². The van der Waals surface area contributed by atoms with Gasteiger partial charge in [0.05, 0.1) is 0 Å². The predicted molar refractivity (Wildman–Crippen MR) is 89.6 cm³/mol. The van der Waals surface area contributed by atoms with Crippen molar-refractivity contribution in [1.29, 1.82) is 0 Å². The zero-order valence-corrected chi connectivity index (χ0v) is 13.8. The summed E-state index contributed by atoms with van der Waals surface area (Å²) >= 11 is 5.47. The smallest absolute Gasteiger partial charge is 0.166 e. The number of hydrogen-bond donors (Lipinski definition) is 2. The quantitative estimate of drug-likeness (QED) is 0.780. The van der Waals surface area contributed by atoms with Gasteiger partial charge in [-0.05, 0) is 50.7 Å². The minimum atomic E-state index is 0.558. The zero-order chi connectivity index (χ0) is 14.5. The maximum Gasteiger partial charge on any atom is 0.166 e. The third-order valence-electron chi connectivity index (χ3n) is 5.26. The summed E-state index contributed by atoms with van der Waals surface area (Å²) in [4.78, 5) is 2.66. The SMILES string of the molecule is S=C(NC1CCCC1)NC1CCN(C2CCOCC2)CC1. The standard InChI is InChI=1S/C16H29N3OS/c21-16(17-13-3-1-2-4-13)18-14-5-9-19(10-6-14)15-7-11-20-12-8-15/h13-15H,1-12H2,(H2,17,18,21). The van der Waals surface area contributed by atoms with Gasteiger partial charge >= 0.3 is 0 Å². The fourth-order valence-corrected chi connectivity index (χ4v) is 4.28. The molecule has 4 nitrogen and oxygen atoms in total. The number of rotatable bonds is 3. The van der Waals surface area contributed by atoms with Gasteiger partial charge in [-0.2, -0.15) is 0 Å². The summed E-state index contributed by atoms with van der Waals surface area (Å²) in [6.45, 7) is 4.29. The van der Waals surface area contributed by atoms with Crippen LogP contribution in [-0.4, -0.2) is 54.4 Å². The average Bonchev–Trinajstić information content (AvgIpc) is 3.02. The Morgan fingerprint density at radius 1 is 0.857 bits per heavy atom. The van der Waals surface area contributed by atoms with Gasteiger partial charge in [0, 0.05) is 44.4 Å². The van der Waals surface area contributed by atoms with Crippen LogP contribution in [0.15, 0.2) is 0 Å². The first-order valence-electron chi connectivity index (χ1n) is 8.70. The number of hydrogen-bond acceptors (Lipinski definition) is 3. The molecule has 2 N–H and O–H groups in total. The van der Waals surface area contributed by atoms with E-state index in [9.17, 15) is 0 Å². The molecule has 0 aromatic carbocycles. The molecule has 3 aliphatic rings. The first-order valence-corrected chi connectivity index (χ1v) is 9.11. The van der Waals surface area contributed by atoms with E-state index in [0.717, 1.165) is 24.4 Å². The molecule has 21 heavy (non-hydrogen) atoms. The molecule has 0 amide bonds. The lowest BCUT2D eigenvalue weighted by atomic mass is 10.00. The van der Waals surface area contributed by atoms with Crippen molar-refractivity contribution in [3.63, 3.8) is 0 Å². The van der Waals surface area contributed by atoms with Crippen molar-refractivity contribution in [2.45, 2.75) is 69.5 Å². The molecule has 0 aromatic rings. The van der Waals surface area contributed by atoms with E-state index < -0.39 is 0 Å². The van der Waals surface area contributed by atoms with Gasteiger partial charge in [-0.25, -0.2) is 0 Å². The summed E-state index contributed by atoms with van der Waals surface area (Å²) < 4.78 is 5.46. The van der Waals surface area contributed by atoms with Gasteiger partial charge in [-0.15, -0.1) is 0 Å². The van der Waals surface area contributed by atoms with E-state index in [-0.39, 0.29) is 0 Å². The number of ether oxygens (including phenoxy) is 1. The van der Waals surface area contributed by atoms with Crippen molar-refractivity contribution in [1.82, 2.24) is 15.5 Å². The van der Waals surface area contributed by atoms with E-state index in [1.54, 1.807) is 0 Å². The molecule has 1 saturated carbocycles. The van der Waals surface area contributed by atoms with Crippen LogP contribution in [0, 0.1) is 0 Å². The fraction of sp³-hybridized carbons (Fsp3) is 0.938. The Balaban J connectivity index is 1.35. The molecule has 2 aliphatic heterocycles. The first-order chi connectivity index (χ1) is 10.3. The van der Waals surface area contributed by atoms with Crippen LogP contribution in [0.1, 0.15) is 51.4 Å². The van der Waals surface area contributed by atoms with Crippen molar-refractivity contribution in [3.8, 4) is 0 Å². The average molecular weight is 311 g/mol. The molecule has 3 fully saturated rings. The molecule has 0 radical (unpaired) electrons. The van der Waals surface area contributed by atoms with Crippen LogP contribution in [0.3, 0.4) is 0 Å². The zero-order valence-electron chi connectivity index (χ0n) is 13.0. The molecular formula is C16H29N3OS. The molecule has 0 unspecified atom stereocenters. The Kier molecular flexibility index (Phi) is 5.72. The number of nitrogens with one attached hydrogen (secondary N) is 2. The maximum absolute atomic E-state index is 5.47. The lowest BCUT2D eigenvalue weighted by Gasteiger charge is -2.39. The molecule has 0 aromatic heterocycles. The van der Waals surface area contributed by atoms with Crippen molar-refractivity contribution >= 4 is 17.3 Å². The van der Waals surface area contributed by atoms with E-state index in [4.69, 9.17) is 17.0 Å². The second-order valence-corrected chi connectivity index (χ2v) is 7.16. The molecule has 2 heterocycles. The summed E-state index contributed by atoms with van der Waals surface area (Å²) in [5, 5.41) is 7.91. The van der Waals surface area contributed by atoms with E-state index in [0.29, 0.717) is 12.1 Å². The first kappa shape index (κ1) is 15.5. The predicted octanol–water partition coefficient (Wildman–Crippen LogP) is 2.04. The summed E-state index contributed by atoms with van der Waals surface area (Å²) in [6, 6.07) is 1.93. The highest BCUT2D eigenvalue weighted by Gasteiger charge is 2.27. The largest absolute Gasteiger partial charge is 0.381 e. The minimum Gasteiger partial charge on any atom is -0.381 e. The number of likely N-dealkylation sites (tertiary alicyclic amines) is 1. The lowest BCUT2D eigenvalue weighted by Crippen LogP contribution is -2.51. The Morgan fingerprint density at radius 3 is 2.05 bits per heavy atom. The minimum absolute atomic E-state index is 0.558. The fourth-order valence-electron chi connectivity index (χ4n) is 3.94. The van der Waals surface area contributed by atoms with E-state index >= 15 is 0 Å². The van der Waals surface area contributed by atoms with Gasteiger partial charge < -0.3 is 20.3 Å². The topological polar surface area (TPSA) is 36.5 Å². The van der Waals surface area contributed by atoms with Crippen LogP contribution >= 0.6 is 12.2 Å². The van der Waals surface area contributed by atoms with Crippen LogP contribution in [0.4, 0.5) is 0 Å². The molecule has 0 bridgehead atoms. The van der Waals surface area contributed by atoms with E-state index in [2.05, 4.69) is 15.5 Å². The van der Waals surface area contributed by atoms with Crippen molar-refractivity contribution in [3.05, 3.63) is 0 Å². The molecule has 5 heteroatoms. The van der Waals surface area contributed by atoms with Crippen LogP contribution in [0.25, 0.3) is 0 Å². The van der Waals surface area contributed by atoms with Crippen LogP contribution in [-0.2, 0) is 4.74 Å². The van der Waals surface area contributed by atoms with Gasteiger partial charge in [-0.1, -0.05) is 12.8 Å². The van der Waals surface area contributed by atoms with Crippen molar-refractivity contribution in [2.75, 3.05) is 26.3 Å². The van der Waals surface area contributed by atoms with Crippen molar-refractivity contribution in [2.24, 2.45) is 0 Å². The van der Waals surface area contributed by atoms with Gasteiger partial charge in [0.1, 0.15) is 0 Å². The Bertz CT molecular complexity index is 332. The van der Waals surface area contributed by atoms with E-state index in [1.165, 1.54) is 64.5 Å². The lowest BCUT2D eigenvalue weighted by molar-refractivity contribution is 0.0247. The van der Waals surface area contributed by atoms with Gasteiger partial charge in [0.2, 0.25) is 0 Å². The highest BCUT2D eigenvalue weighted by Crippen LogP contribution is 2.20. The summed E-state index contributed by atoms with van der Waals surface area (Å²) in [6.07, 6.45) is 10.1. The Labute approximate surface area is 134 Å². The second kappa shape index (κ2) is 7.75. The molecule has 120 valence electrons. The normalized spacial score (nSPS) is 26.9. The number of nitrogens with zero attached hydrogens (tertiary/aromatic N) is 1. The van der Waals surface area contributed by atoms with Gasteiger partial charge in [0.15, 0.2) is 5.11 Å². The molecule has 1 aliphatic carbocycles. The number of piperidine rings is 1. The van der Waals surface area contributed by atoms with Crippen LogP contribution in [0.5, 0.6) is 0 Å². The van der Waals surface area contributed by atoms with Crippen molar-refractivity contribution < 1.29 is 4.74 Å². The Hall–Kier alpha value is -0.390. The highest BCUT2D eigenvalue weighted by atomic mass is 32.1. The summed E-state index contributed by atoms with van der Waals surface area (Å²) in [5.74, 6) is 0.